The molecule has 17 heavy (non-hydrogen) atoms. The Bertz CT molecular complexity index is 344. The Hall–Kier alpha value is -0.590. The first kappa shape index (κ1) is 12.9. The van der Waals surface area contributed by atoms with Crippen molar-refractivity contribution in [3.63, 3.8) is 0 Å². The number of aliphatic hydroxyl groups excluding tert-OH is 1. The molecule has 1 aliphatic rings. The number of nitrogens with one attached hydrogen (secondary N) is 1. The van der Waals surface area contributed by atoms with Crippen molar-refractivity contribution in [3.8, 4) is 0 Å². The normalized spacial score (nSPS) is 24.4. The van der Waals surface area contributed by atoms with Crippen molar-refractivity contribution < 1.29 is 5.11 Å². The molecule has 6 heteroatoms. The molecule has 1 aliphatic carbocycles. The molecule has 2 unspecified atom stereocenters. The van der Waals surface area contributed by atoms with E-state index < -0.39 is 0 Å². The molecule has 0 radical (unpaired) electrons. The minimum Gasteiger partial charge on any atom is -0.394 e. The Morgan fingerprint density at radius 2 is 2.47 bits per heavy atom. The van der Waals surface area contributed by atoms with Gasteiger partial charge in [0.25, 0.3) is 0 Å². The van der Waals surface area contributed by atoms with Crippen LogP contribution in [0.5, 0.6) is 0 Å². The van der Waals surface area contributed by atoms with Gasteiger partial charge < -0.3 is 10.4 Å². The summed E-state index contributed by atoms with van der Waals surface area (Å²) in [5.41, 5.74) is 0.949. The summed E-state index contributed by atoms with van der Waals surface area (Å²) >= 11 is 1.95. The first-order valence-electron chi connectivity index (χ1n) is 6.09. The third-order valence-electron chi connectivity index (χ3n) is 3.22. The molecular weight excluding hydrogens is 236 g/mol. The number of nitrogens with zero attached hydrogens (tertiary/aromatic N) is 3. The number of rotatable bonds is 6. The van der Waals surface area contributed by atoms with E-state index in [9.17, 15) is 0 Å². The van der Waals surface area contributed by atoms with Gasteiger partial charge >= 0.3 is 0 Å². The summed E-state index contributed by atoms with van der Waals surface area (Å²) in [7, 11) is 0. The standard InChI is InChI=1S/C11H20N4OS/c1-17-11-4-2-3-10(11)12-7-9-8-15(5-6-16)14-13-9/h8,10-12,16H,2-7H2,1H3. The van der Waals surface area contributed by atoms with Gasteiger partial charge in [0, 0.05) is 24.0 Å². The summed E-state index contributed by atoms with van der Waals surface area (Å²) in [5, 5.41) is 21.1. The minimum atomic E-state index is 0.105. The van der Waals surface area contributed by atoms with E-state index in [4.69, 9.17) is 5.11 Å². The highest BCUT2D eigenvalue weighted by atomic mass is 32.2. The Labute approximate surface area is 106 Å². The number of aliphatic hydroxyl groups is 1. The van der Waals surface area contributed by atoms with Gasteiger partial charge in [0.15, 0.2) is 0 Å². The van der Waals surface area contributed by atoms with E-state index in [0.29, 0.717) is 12.6 Å². The molecule has 1 saturated carbocycles. The molecule has 1 aromatic heterocycles. The van der Waals surface area contributed by atoms with Gasteiger partial charge in [-0.05, 0) is 19.1 Å². The van der Waals surface area contributed by atoms with Crippen LogP contribution in [0.15, 0.2) is 6.20 Å². The van der Waals surface area contributed by atoms with Gasteiger partial charge in [-0.2, -0.15) is 11.8 Å². The van der Waals surface area contributed by atoms with E-state index in [1.165, 1.54) is 19.3 Å². The number of aromatic nitrogens is 3. The molecule has 5 nitrogen and oxygen atoms in total. The first-order valence-corrected chi connectivity index (χ1v) is 7.38. The molecule has 0 aromatic carbocycles. The van der Waals surface area contributed by atoms with Crippen LogP contribution in [0.3, 0.4) is 0 Å². The highest BCUT2D eigenvalue weighted by Crippen LogP contribution is 2.28. The molecule has 2 N–H and O–H groups in total. The lowest BCUT2D eigenvalue weighted by Gasteiger charge is -2.18. The molecule has 96 valence electrons. The Kier molecular flexibility index (Phi) is 4.82. The average molecular weight is 256 g/mol. The van der Waals surface area contributed by atoms with Crippen molar-refractivity contribution >= 4 is 11.8 Å². The average Bonchev–Trinajstić information content (AvgIpc) is 2.95. The summed E-state index contributed by atoms with van der Waals surface area (Å²) in [5.74, 6) is 0. The van der Waals surface area contributed by atoms with Crippen LogP contribution in [-0.4, -0.2) is 44.3 Å². The van der Waals surface area contributed by atoms with E-state index >= 15 is 0 Å². The van der Waals surface area contributed by atoms with Crippen molar-refractivity contribution in [2.45, 2.75) is 43.6 Å². The maximum Gasteiger partial charge on any atom is 0.0964 e. The number of thioether (sulfide) groups is 1. The maximum atomic E-state index is 8.79. The van der Waals surface area contributed by atoms with E-state index in [1.54, 1.807) is 4.68 Å². The molecule has 1 fully saturated rings. The fraction of sp³-hybridized carbons (Fsp3) is 0.818. The second-order valence-electron chi connectivity index (χ2n) is 4.39. The second-order valence-corrected chi connectivity index (χ2v) is 5.47. The van der Waals surface area contributed by atoms with Crippen LogP contribution in [0.2, 0.25) is 0 Å². The SMILES string of the molecule is CSC1CCCC1NCc1cn(CCO)nn1. The lowest BCUT2D eigenvalue weighted by molar-refractivity contribution is 0.268. The van der Waals surface area contributed by atoms with Crippen molar-refractivity contribution in [3.05, 3.63) is 11.9 Å². The van der Waals surface area contributed by atoms with E-state index in [-0.39, 0.29) is 6.61 Å². The zero-order valence-electron chi connectivity index (χ0n) is 10.2. The quantitative estimate of drug-likeness (QED) is 0.782. The predicted octanol–water partition coefficient (Wildman–Crippen LogP) is 0.644. The third kappa shape index (κ3) is 3.43. The molecule has 0 saturated heterocycles. The Balaban J connectivity index is 1.80. The second kappa shape index (κ2) is 6.37. The van der Waals surface area contributed by atoms with Crippen molar-refractivity contribution in [2.75, 3.05) is 12.9 Å². The van der Waals surface area contributed by atoms with Gasteiger partial charge in [0.05, 0.1) is 18.8 Å². The predicted molar refractivity (Wildman–Crippen MR) is 68.9 cm³/mol. The molecule has 2 rings (SSSR count). The minimum absolute atomic E-state index is 0.105. The Morgan fingerprint density at radius 3 is 3.24 bits per heavy atom. The van der Waals surface area contributed by atoms with Crippen LogP contribution in [-0.2, 0) is 13.1 Å². The zero-order chi connectivity index (χ0) is 12.1. The topological polar surface area (TPSA) is 63.0 Å². The Morgan fingerprint density at radius 1 is 1.59 bits per heavy atom. The largest absolute Gasteiger partial charge is 0.394 e. The fourth-order valence-electron chi connectivity index (χ4n) is 2.31. The zero-order valence-corrected chi connectivity index (χ0v) is 11.0. The summed E-state index contributed by atoms with van der Waals surface area (Å²) in [6, 6.07) is 0.605. The highest BCUT2D eigenvalue weighted by molar-refractivity contribution is 7.99. The first-order chi connectivity index (χ1) is 8.33. The lowest BCUT2D eigenvalue weighted by Crippen LogP contribution is -2.33. The van der Waals surface area contributed by atoms with Crippen molar-refractivity contribution in [2.24, 2.45) is 0 Å². The van der Waals surface area contributed by atoms with E-state index in [2.05, 4.69) is 21.9 Å². The smallest absolute Gasteiger partial charge is 0.0964 e. The molecule has 1 heterocycles. The summed E-state index contributed by atoms with van der Waals surface area (Å²) < 4.78 is 1.68. The van der Waals surface area contributed by atoms with Crippen LogP contribution in [0.4, 0.5) is 0 Å². The van der Waals surface area contributed by atoms with Gasteiger partial charge in [-0.15, -0.1) is 5.10 Å². The lowest BCUT2D eigenvalue weighted by atomic mass is 10.2. The van der Waals surface area contributed by atoms with Crippen molar-refractivity contribution in [1.29, 1.82) is 0 Å². The van der Waals surface area contributed by atoms with Gasteiger partial charge in [0.1, 0.15) is 0 Å². The van der Waals surface area contributed by atoms with Crippen LogP contribution >= 0.6 is 11.8 Å². The maximum absolute atomic E-state index is 8.79. The summed E-state index contributed by atoms with van der Waals surface area (Å²) in [6.45, 7) is 1.39. The van der Waals surface area contributed by atoms with Crippen LogP contribution in [0.1, 0.15) is 25.0 Å². The van der Waals surface area contributed by atoms with Gasteiger partial charge in [-0.25, -0.2) is 4.68 Å². The van der Waals surface area contributed by atoms with Crippen LogP contribution in [0, 0.1) is 0 Å². The highest BCUT2D eigenvalue weighted by Gasteiger charge is 2.25. The summed E-state index contributed by atoms with van der Waals surface area (Å²) in [6.07, 6.45) is 7.97. The van der Waals surface area contributed by atoms with Gasteiger partial charge in [-0.3, -0.25) is 0 Å². The molecule has 0 aliphatic heterocycles. The summed E-state index contributed by atoms with van der Waals surface area (Å²) in [4.78, 5) is 0. The molecule has 0 amide bonds. The van der Waals surface area contributed by atoms with E-state index in [1.807, 2.05) is 18.0 Å². The van der Waals surface area contributed by atoms with Crippen LogP contribution in [0.25, 0.3) is 0 Å². The number of hydrogen-bond donors (Lipinski definition) is 2. The van der Waals surface area contributed by atoms with Gasteiger partial charge in [-0.1, -0.05) is 11.6 Å². The third-order valence-corrected chi connectivity index (χ3v) is 4.39. The molecular formula is C11H20N4OS. The molecule has 0 bridgehead atoms. The molecule has 2 atom stereocenters. The van der Waals surface area contributed by atoms with Crippen LogP contribution < -0.4 is 5.32 Å². The van der Waals surface area contributed by atoms with E-state index in [0.717, 1.165) is 17.5 Å². The molecule has 1 aromatic rings. The molecule has 0 spiro atoms. The monoisotopic (exact) mass is 256 g/mol. The van der Waals surface area contributed by atoms with Gasteiger partial charge in [0.2, 0.25) is 0 Å². The fourth-order valence-corrected chi connectivity index (χ4v) is 3.27. The van der Waals surface area contributed by atoms with Crippen molar-refractivity contribution in [1.82, 2.24) is 20.3 Å². The number of hydrogen-bond acceptors (Lipinski definition) is 5.